The van der Waals surface area contributed by atoms with Gasteiger partial charge in [0, 0.05) is 5.69 Å². The minimum absolute atomic E-state index is 0.277. The van der Waals surface area contributed by atoms with Crippen LogP contribution in [-0.4, -0.2) is 17.6 Å². The molecule has 3 rings (SSSR count). The lowest BCUT2D eigenvalue weighted by Gasteiger charge is -2.01. The molecule has 0 spiro atoms. The first kappa shape index (κ1) is 12.7. The molecule has 3 nitrogen and oxygen atoms in total. The van der Waals surface area contributed by atoms with Gasteiger partial charge in [-0.3, -0.25) is 0 Å². The third-order valence-electron chi connectivity index (χ3n) is 3.52. The number of H-pyrrole nitrogens is 1. The number of carbonyl (C=O) groups is 1. The summed E-state index contributed by atoms with van der Waals surface area (Å²) in [6.07, 6.45) is 4.17. The lowest BCUT2D eigenvalue weighted by Crippen LogP contribution is -2.05. The molecule has 20 heavy (non-hydrogen) atoms. The van der Waals surface area contributed by atoms with Crippen LogP contribution < -0.4 is 0 Å². The lowest BCUT2D eigenvalue weighted by atomic mass is 10.1. The van der Waals surface area contributed by atoms with Crippen molar-refractivity contribution in [3.63, 3.8) is 0 Å². The Morgan fingerprint density at radius 1 is 1.30 bits per heavy atom. The van der Waals surface area contributed by atoms with Gasteiger partial charge in [0.1, 0.15) is 5.69 Å². The molecule has 1 heterocycles. The highest BCUT2D eigenvalue weighted by Crippen LogP contribution is 2.33. The van der Waals surface area contributed by atoms with Crippen LogP contribution >= 0.6 is 0 Å². The SMILES string of the molecule is CCOC(=O)c1cc2c([nH]1)/C(=C\c1ccccc1)CC2. The van der Waals surface area contributed by atoms with Crippen molar-refractivity contribution < 1.29 is 9.53 Å². The van der Waals surface area contributed by atoms with Gasteiger partial charge >= 0.3 is 5.97 Å². The third kappa shape index (κ3) is 2.39. The van der Waals surface area contributed by atoms with Crippen LogP contribution in [0, 0.1) is 0 Å². The van der Waals surface area contributed by atoms with Gasteiger partial charge in [0.15, 0.2) is 0 Å². The van der Waals surface area contributed by atoms with Crippen LogP contribution in [0.5, 0.6) is 0 Å². The largest absolute Gasteiger partial charge is 0.461 e. The molecular formula is C17H17NO2. The fourth-order valence-corrected chi connectivity index (χ4v) is 2.59. The summed E-state index contributed by atoms with van der Waals surface area (Å²) in [5.74, 6) is -0.277. The van der Waals surface area contributed by atoms with E-state index in [1.165, 1.54) is 16.7 Å². The number of aromatic amines is 1. The predicted molar refractivity (Wildman–Crippen MR) is 79.4 cm³/mol. The maximum Gasteiger partial charge on any atom is 0.354 e. The second-order valence-electron chi connectivity index (χ2n) is 4.88. The standard InChI is InChI=1S/C17H17NO2/c1-2-20-17(19)15-11-14-9-8-13(16(14)18-15)10-12-6-4-3-5-7-12/h3-7,10-11,18H,2,8-9H2,1H3/b13-10-. The summed E-state index contributed by atoms with van der Waals surface area (Å²) in [6.45, 7) is 2.21. The molecule has 0 atom stereocenters. The second-order valence-corrected chi connectivity index (χ2v) is 4.88. The maximum atomic E-state index is 11.7. The normalized spacial score (nSPS) is 15.3. The monoisotopic (exact) mass is 267 g/mol. The maximum absolute atomic E-state index is 11.7. The minimum Gasteiger partial charge on any atom is -0.461 e. The molecule has 1 aromatic carbocycles. The molecular weight excluding hydrogens is 250 g/mol. The lowest BCUT2D eigenvalue weighted by molar-refractivity contribution is 0.0520. The molecule has 0 saturated heterocycles. The summed E-state index contributed by atoms with van der Waals surface area (Å²) in [7, 11) is 0. The number of nitrogens with one attached hydrogen (secondary N) is 1. The van der Waals surface area contributed by atoms with Crippen LogP contribution in [0.25, 0.3) is 11.6 Å². The van der Waals surface area contributed by atoms with Crippen molar-refractivity contribution in [2.75, 3.05) is 6.61 Å². The number of aromatic nitrogens is 1. The Morgan fingerprint density at radius 3 is 2.85 bits per heavy atom. The molecule has 1 aliphatic rings. The number of rotatable bonds is 3. The average Bonchev–Trinajstić information content (AvgIpc) is 3.02. The number of aryl methyl sites for hydroxylation is 1. The zero-order chi connectivity index (χ0) is 13.9. The fourth-order valence-electron chi connectivity index (χ4n) is 2.59. The first-order chi connectivity index (χ1) is 9.78. The van der Waals surface area contributed by atoms with E-state index >= 15 is 0 Å². The van der Waals surface area contributed by atoms with Crippen molar-refractivity contribution in [2.45, 2.75) is 19.8 Å². The number of hydrogen-bond acceptors (Lipinski definition) is 2. The van der Waals surface area contributed by atoms with Gasteiger partial charge in [-0.25, -0.2) is 4.79 Å². The van der Waals surface area contributed by atoms with E-state index in [4.69, 9.17) is 4.74 Å². The summed E-state index contributed by atoms with van der Waals surface area (Å²) in [5, 5.41) is 0. The molecule has 0 saturated carbocycles. The van der Waals surface area contributed by atoms with Gasteiger partial charge in [-0.1, -0.05) is 30.3 Å². The van der Waals surface area contributed by atoms with Crippen LogP contribution in [0.3, 0.4) is 0 Å². The van der Waals surface area contributed by atoms with Crippen molar-refractivity contribution in [3.8, 4) is 0 Å². The van der Waals surface area contributed by atoms with Crippen molar-refractivity contribution in [1.82, 2.24) is 4.98 Å². The summed E-state index contributed by atoms with van der Waals surface area (Å²) >= 11 is 0. The molecule has 1 aromatic heterocycles. The Hall–Kier alpha value is -2.29. The van der Waals surface area contributed by atoms with Gasteiger partial charge in [0.2, 0.25) is 0 Å². The van der Waals surface area contributed by atoms with E-state index in [1.807, 2.05) is 31.2 Å². The quantitative estimate of drug-likeness (QED) is 0.862. The van der Waals surface area contributed by atoms with Gasteiger partial charge in [0.05, 0.1) is 6.61 Å². The Morgan fingerprint density at radius 2 is 2.10 bits per heavy atom. The highest BCUT2D eigenvalue weighted by atomic mass is 16.5. The van der Waals surface area contributed by atoms with E-state index in [1.54, 1.807) is 0 Å². The number of ether oxygens (including phenoxy) is 1. The number of allylic oxidation sites excluding steroid dienone is 1. The first-order valence-electron chi connectivity index (χ1n) is 6.93. The molecule has 102 valence electrons. The Labute approximate surface area is 118 Å². The Bertz CT molecular complexity index is 653. The first-order valence-corrected chi connectivity index (χ1v) is 6.93. The number of carbonyl (C=O) groups excluding carboxylic acids is 1. The molecule has 3 heteroatoms. The summed E-state index contributed by atoms with van der Waals surface area (Å²) in [4.78, 5) is 14.9. The van der Waals surface area contributed by atoms with E-state index in [9.17, 15) is 4.79 Å². The molecule has 0 aliphatic heterocycles. The fraction of sp³-hybridized carbons (Fsp3) is 0.235. The Kier molecular flexibility index (Phi) is 3.42. The van der Waals surface area contributed by atoms with Gasteiger partial charge in [-0.2, -0.15) is 0 Å². The number of esters is 1. The van der Waals surface area contributed by atoms with Crippen molar-refractivity contribution in [2.24, 2.45) is 0 Å². The van der Waals surface area contributed by atoms with E-state index in [2.05, 4.69) is 23.2 Å². The van der Waals surface area contributed by atoms with Crippen molar-refractivity contribution in [3.05, 3.63) is 58.9 Å². The molecule has 0 amide bonds. The van der Waals surface area contributed by atoms with E-state index < -0.39 is 0 Å². The topological polar surface area (TPSA) is 42.1 Å². The predicted octanol–water partition coefficient (Wildman–Crippen LogP) is 3.68. The molecule has 0 bridgehead atoms. The van der Waals surface area contributed by atoms with Gasteiger partial charge in [0.25, 0.3) is 0 Å². The summed E-state index contributed by atoms with van der Waals surface area (Å²) in [5.41, 5.74) is 5.27. The Balaban J connectivity index is 1.90. The molecule has 2 aromatic rings. The molecule has 1 N–H and O–H groups in total. The van der Waals surface area contributed by atoms with Crippen LogP contribution in [-0.2, 0) is 11.2 Å². The number of benzene rings is 1. The highest BCUT2D eigenvalue weighted by molar-refractivity contribution is 5.91. The zero-order valence-electron chi connectivity index (χ0n) is 11.5. The van der Waals surface area contributed by atoms with Crippen LogP contribution in [0.2, 0.25) is 0 Å². The third-order valence-corrected chi connectivity index (χ3v) is 3.52. The molecule has 0 unspecified atom stereocenters. The van der Waals surface area contributed by atoms with Gasteiger partial charge in [-0.15, -0.1) is 0 Å². The van der Waals surface area contributed by atoms with E-state index in [-0.39, 0.29) is 5.97 Å². The van der Waals surface area contributed by atoms with E-state index in [0.29, 0.717) is 12.3 Å². The van der Waals surface area contributed by atoms with Gasteiger partial charge < -0.3 is 9.72 Å². The average molecular weight is 267 g/mol. The molecule has 0 fully saturated rings. The smallest absolute Gasteiger partial charge is 0.354 e. The molecule has 1 aliphatic carbocycles. The van der Waals surface area contributed by atoms with Gasteiger partial charge in [-0.05, 0) is 48.6 Å². The number of fused-ring (bicyclic) bond motifs is 1. The minimum atomic E-state index is -0.277. The van der Waals surface area contributed by atoms with Crippen LogP contribution in [0.4, 0.5) is 0 Å². The van der Waals surface area contributed by atoms with Crippen LogP contribution in [0.15, 0.2) is 36.4 Å². The molecule has 0 radical (unpaired) electrons. The number of hydrogen-bond donors (Lipinski definition) is 1. The summed E-state index contributed by atoms with van der Waals surface area (Å²) < 4.78 is 5.03. The summed E-state index contributed by atoms with van der Waals surface area (Å²) in [6, 6.07) is 12.1. The van der Waals surface area contributed by atoms with Crippen molar-refractivity contribution >= 4 is 17.6 Å². The zero-order valence-corrected chi connectivity index (χ0v) is 11.5. The second kappa shape index (κ2) is 5.37. The van der Waals surface area contributed by atoms with E-state index in [0.717, 1.165) is 18.5 Å². The highest BCUT2D eigenvalue weighted by Gasteiger charge is 2.22. The van der Waals surface area contributed by atoms with Crippen molar-refractivity contribution in [1.29, 1.82) is 0 Å². The van der Waals surface area contributed by atoms with Crippen LogP contribution in [0.1, 0.15) is 40.7 Å².